The minimum atomic E-state index is -0.504. The average molecular weight is 780 g/mol. The van der Waals surface area contributed by atoms with Crippen LogP contribution in [0.1, 0.15) is 18.4 Å². The van der Waals surface area contributed by atoms with Crippen molar-refractivity contribution in [1.82, 2.24) is 19.5 Å². The van der Waals surface area contributed by atoms with Crippen LogP contribution in [-0.2, 0) is 0 Å². The molecule has 2 atom stereocenters. The van der Waals surface area contributed by atoms with E-state index >= 15 is 4.39 Å². The molecule has 3 aromatic heterocycles. The van der Waals surface area contributed by atoms with Gasteiger partial charge in [-0.1, -0.05) is 152 Å². The number of thiophene rings is 1. The van der Waals surface area contributed by atoms with E-state index in [9.17, 15) is 0 Å². The van der Waals surface area contributed by atoms with E-state index in [1.165, 1.54) is 16.9 Å². The van der Waals surface area contributed by atoms with Gasteiger partial charge >= 0.3 is 0 Å². The molecule has 280 valence electrons. The minimum absolute atomic E-state index is 0.0751. The normalized spacial score (nSPS) is 17.1. The Bertz CT molecular complexity index is 3270. The van der Waals surface area contributed by atoms with Crippen molar-refractivity contribution in [2.45, 2.75) is 18.4 Å². The van der Waals surface area contributed by atoms with Crippen molar-refractivity contribution in [2.24, 2.45) is 0 Å². The van der Waals surface area contributed by atoms with Crippen LogP contribution in [0.25, 0.3) is 81.8 Å². The summed E-state index contributed by atoms with van der Waals surface area (Å²) in [4.78, 5) is 18.4. The lowest BCUT2D eigenvalue weighted by Gasteiger charge is -2.41. The lowest BCUT2D eigenvalue weighted by molar-refractivity contribution is 0.543. The summed E-state index contributed by atoms with van der Waals surface area (Å²) in [6, 6.07) is 53.7. The van der Waals surface area contributed by atoms with E-state index in [2.05, 4.69) is 120 Å². The Kier molecular flexibility index (Phi) is 7.40. The molecule has 0 radical (unpaired) electrons. The quantitative estimate of drug-likeness (QED) is 0.175. The second-order valence-corrected chi connectivity index (χ2v) is 16.5. The van der Waals surface area contributed by atoms with E-state index in [1.54, 1.807) is 6.07 Å². The zero-order valence-electron chi connectivity index (χ0n) is 31.9. The van der Waals surface area contributed by atoms with Crippen LogP contribution in [0.4, 0.5) is 15.8 Å². The number of fused-ring (bicyclic) bond motifs is 9. The monoisotopic (exact) mass is 779 g/mol. The molecule has 0 bridgehead atoms. The number of benzene rings is 7. The lowest BCUT2D eigenvalue weighted by atomic mass is 9.80. The number of hydrogen-bond acceptors (Lipinski definition) is 5. The number of aromatic nitrogens is 4. The maximum Gasteiger partial charge on any atom is 0.166 e. The van der Waals surface area contributed by atoms with Gasteiger partial charge in [-0.05, 0) is 42.8 Å². The Morgan fingerprint density at radius 1 is 0.559 bits per heavy atom. The van der Waals surface area contributed by atoms with Gasteiger partial charge in [-0.2, -0.15) is 0 Å². The number of allylic oxidation sites excluding steroid dienone is 2. The molecule has 0 saturated heterocycles. The van der Waals surface area contributed by atoms with Crippen molar-refractivity contribution in [3.05, 3.63) is 193 Å². The molecule has 12 rings (SSSR count). The van der Waals surface area contributed by atoms with Crippen LogP contribution < -0.4 is 4.90 Å². The maximum atomic E-state index is 16.1. The van der Waals surface area contributed by atoms with Gasteiger partial charge in [0.05, 0.1) is 37.3 Å². The van der Waals surface area contributed by atoms with E-state index in [1.807, 2.05) is 72.8 Å². The van der Waals surface area contributed by atoms with E-state index in [4.69, 9.17) is 15.0 Å². The first-order valence-corrected chi connectivity index (χ1v) is 20.7. The Morgan fingerprint density at radius 3 is 1.85 bits per heavy atom. The van der Waals surface area contributed by atoms with Gasteiger partial charge < -0.3 is 9.47 Å². The number of anilines is 2. The second-order valence-electron chi connectivity index (χ2n) is 15.5. The van der Waals surface area contributed by atoms with Crippen molar-refractivity contribution in [3.63, 3.8) is 0 Å². The van der Waals surface area contributed by atoms with Crippen molar-refractivity contribution in [1.29, 1.82) is 0 Å². The van der Waals surface area contributed by atoms with E-state index in [0.717, 1.165) is 71.0 Å². The molecule has 7 heteroatoms. The van der Waals surface area contributed by atoms with E-state index < -0.39 is 5.54 Å². The Hall–Kier alpha value is -7.22. The first-order valence-electron chi connectivity index (χ1n) is 19.9. The molecule has 4 heterocycles. The van der Waals surface area contributed by atoms with Crippen LogP contribution in [0.3, 0.4) is 0 Å². The summed E-state index contributed by atoms with van der Waals surface area (Å²) in [5, 5.41) is 4.08. The summed E-state index contributed by atoms with van der Waals surface area (Å²) in [6.07, 6.45) is 8.95. The predicted molar refractivity (Wildman–Crippen MR) is 241 cm³/mol. The van der Waals surface area contributed by atoms with Crippen LogP contribution in [-0.4, -0.2) is 25.1 Å². The summed E-state index contributed by atoms with van der Waals surface area (Å²) in [6.45, 7) is 2.32. The molecular weight excluding hydrogens is 746 g/mol. The van der Waals surface area contributed by atoms with Gasteiger partial charge in [0.1, 0.15) is 5.82 Å². The van der Waals surface area contributed by atoms with E-state index in [-0.39, 0.29) is 11.7 Å². The standard InChI is InChI=1S/C52H34FN5S/c1-52-30-15-14-25-40(52)37-23-10-13-29-44(37)58(52)46-45(57-42-27-11-8-21-34(42)35-22-9-12-28-43(35)57)39(31-38-36-24-16-26-41(53)47(36)59-48(38)46)51-55-49(32-17-4-2-5-18-32)54-50(56-51)33-19-6-3-7-20-33/h2-31,40H,1H3. The molecule has 0 fully saturated rings. The predicted octanol–water partition coefficient (Wildman–Crippen LogP) is 13.6. The minimum Gasteiger partial charge on any atom is -0.328 e. The van der Waals surface area contributed by atoms with Crippen LogP contribution in [0.2, 0.25) is 0 Å². The van der Waals surface area contributed by atoms with Crippen molar-refractivity contribution < 1.29 is 4.39 Å². The highest BCUT2D eigenvalue weighted by Gasteiger charge is 2.49. The third-order valence-electron chi connectivity index (χ3n) is 12.1. The highest BCUT2D eigenvalue weighted by atomic mass is 32.1. The molecule has 0 N–H and O–H groups in total. The van der Waals surface area contributed by atoms with Gasteiger partial charge in [0, 0.05) is 49.8 Å². The molecule has 5 nitrogen and oxygen atoms in total. The van der Waals surface area contributed by atoms with Gasteiger partial charge in [0.2, 0.25) is 0 Å². The summed E-state index contributed by atoms with van der Waals surface area (Å²) in [5.41, 5.74) is 8.45. The summed E-state index contributed by atoms with van der Waals surface area (Å²) in [7, 11) is 0. The van der Waals surface area contributed by atoms with Crippen LogP contribution >= 0.6 is 11.3 Å². The van der Waals surface area contributed by atoms with Crippen molar-refractivity contribution in [2.75, 3.05) is 4.90 Å². The van der Waals surface area contributed by atoms with Gasteiger partial charge in [0.25, 0.3) is 0 Å². The van der Waals surface area contributed by atoms with Gasteiger partial charge in [-0.15, -0.1) is 11.3 Å². The number of para-hydroxylation sites is 3. The number of halogens is 1. The largest absolute Gasteiger partial charge is 0.328 e. The molecule has 0 saturated carbocycles. The average Bonchev–Trinajstić information content (AvgIpc) is 3.92. The van der Waals surface area contributed by atoms with Crippen LogP contribution in [0, 0.1) is 5.82 Å². The summed E-state index contributed by atoms with van der Waals surface area (Å²) in [5.74, 6) is 1.51. The number of rotatable bonds is 5. The van der Waals surface area contributed by atoms with Gasteiger partial charge in [0.15, 0.2) is 17.5 Å². The topological polar surface area (TPSA) is 46.8 Å². The first kappa shape index (κ1) is 33.9. The smallest absolute Gasteiger partial charge is 0.166 e. The second kappa shape index (κ2) is 12.9. The molecule has 1 aliphatic carbocycles. The van der Waals surface area contributed by atoms with Gasteiger partial charge in [-0.3, -0.25) is 0 Å². The zero-order valence-corrected chi connectivity index (χ0v) is 32.7. The fourth-order valence-corrected chi connectivity index (χ4v) is 10.7. The highest BCUT2D eigenvalue weighted by molar-refractivity contribution is 7.26. The summed E-state index contributed by atoms with van der Waals surface area (Å²) < 4.78 is 20.2. The van der Waals surface area contributed by atoms with Crippen molar-refractivity contribution >= 4 is 64.7 Å². The molecule has 0 amide bonds. The highest BCUT2D eigenvalue weighted by Crippen LogP contribution is 2.59. The van der Waals surface area contributed by atoms with Crippen LogP contribution in [0.5, 0.6) is 0 Å². The Balaban J connectivity index is 1.32. The molecule has 59 heavy (non-hydrogen) atoms. The first-order chi connectivity index (χ1) is 29.1. The third-order valence-corrected chi connectivity index (χ3v) is 13.4. The molecule has 1 aliphatic heterocycles. The summed E-state index contributed by atoms with van der Waals surface area (Å²) >= 11 is 1.52. The fourth-order valence-electron chi connectivity index (χ4n) is 9.50. The lowest BCUT2D eigenvalue weighted by Crippen LogP contribution is -2.42. The molecule has 7 aromatic carbocycles. The molecule has 0 spiro atoms. The molecule has 2 unspecified atom stereocenters. The molecule has 2 aliphatic rings. The maximum absolute atomic E-state index is 16.1. The zero-order chi connectivity index (χ0) is 39.2. The Labute approximate surface area is 343 Å². The fraction of sp³-hybridized carbons (Fsp3) is 0.0577. The van der Waals surface area contributed by atoms with Gasteiger partial charge in [-0.25, -0.2) is 19.3 Å². The molecule has 10 aromatic rings. The molecular formula is C52H34FN5S. The van der Waals surface area contributed by atoms with Crippen LogP contribution in [0.15, 0.2) is 182 Å². The van der Waals surface area contributed by atoms with Crippen molar-refractivity contribution in [3.8, 4) is 39.9 Å². The SMILES string of the molecule is CC12C=CC=CC1c1ccccc1N2c1c(-n2c3ccccc3c3ccccc32)c(-c2nc(-c3ccccc3)nc(-c3ccccc3)n2)cc2c1sc1c(F)cccc12. The van der Waals surface area contributed by atoms with E-state index in [0.29, 0.717) is 22.2 Å². The Morgan fingerprint density at radius 2 is 1.15 bits per heavy atom. The number of hydrogen-bond donors (Lipinski definition) is 0. The third kappa shape index (κ3) is 4.98. The number of nitrogens with zero attached hydrogens (tertiary/aromatic N) is 5.